The quantitative estimate of drug-likeness (QED) is 0.770. The van der Waals surface area contributed by atoms with Gasteiger partial charge in [0.05, 0.1) is 19.1 Å². The van der Waals surface area contributed by atoms with Crippen LogP contribution < -0.4 is 0 Å². The first-order valence-electron chi connectivity index (χ1n) is 3.88. The van der Waals surface area contributed by atoms with E-state index >= 15 is 0 Å². The molecule has 1 rings (SSSR count). The lowest BCUT2D eigenvalue weighted by Crippen LogP contribution is -2.16. The van der Waals surface area contributed by atoms with Gasteiger partial charge < -0.3 is 14.4 Å². The molecule has 0 fully saturated rings. The second-order valence-electron chi connectivity index (χ2n) is 2.69. The highest BCUT2D eigenvalue weighted by atomic mass is 35.5. The molecule has 0 unspecified atom stereocenters. The van der Waals surface area contributed by atoms with Crippen molar-refractivity contribution in [3.63, 3.8) is 0 Å². The van der Waals surface area contributed by atoms with E-state index in [0.717, 1.165) is 0 Å². The molecule has 1 heterocycles. The molecule has 0 saturated carbocycles. The van der Waals surface area contributed by atoms with Crippen LogP contribution in [-0.4, -0.2) is 33.7 Å². The van der Waals surface area contributed by atoms with Crippen molar-refractivity contribution in [2.75, 3.05) is 7.11 Å². The zero-order valence-corrected chi connectivity index (χ0v) is 9.08. The molecule has 0 radical (unpaired) electrons. The van der Waals surface area contributed by atoms with Crippen molar-refractivity contribution in [1.29, 1.82) is 0 Å². The molecule has 7 heteroatoms. The fourth-order valence-electron chi connectivity index (χ4n) is 1.08. The number of hydrogen-bond donors (Lipinski definition) is 1. The number of carbonyl (C=O) groups excluding carboxylic acids is 1. The fraction of sp³-hybridized carbons (Fsp3) is 0.375. The molecule has 0 aliphatic heterocycles. The number of ether oxygens (including phenoxy) is 1. The third-order valence-electron chi connectivity index (χ3n) is 1.75. The van der Waals surface area contributed by atoms with E-state index in [9.17, 15) is 9.59 Å². The number of aryl methyl sites for hydroxylation is 1. The van der Waals surface area contributed by atoms with Crippen LogP contribution in [-0.2, 0) is 16.1 Å². The minimum atomic E-state index is -1.11. The molecule has 0 amide bonds. The smallest absolute Gasteiger partial charge is 0.354 e. The normalized spacial score (nSPS) is 9.20. The van der Waals surface area contributed by atoms with Crippen LogP contribution in [0.25, 0.3) is 0 Å². The van der Waals surface area contributed by atoms with E-state index in [2.05, 4.69) is 9.72 Å². The van der Waals surface area contributed by atoms with Gasteiger partial charge in [-0.05, 0) is 6.92 Å². The molecule has 0 atom stereocenters. The van der Waals surface area contributed by atoms with Gasteiger partial charge in [0, 0.05) is 0 Å². The molecule has 1 aromatic heterocycles. The van der Waals surface area contributed by atoms with Crippen molar-refractivity contribution in [3.8, 4) is 0 Å². The number of rotatable bonds is 3. The van der Waals surface area contributed by atoms with E-state index in [4.69, 9.17) is 5.11 Å². The molecule has 0 bridgehead atoms. The molecule has 84 valence electrons. The lowest BCUT2D eigenvalue weighted by atomic mass is 10.3. The molecule has 0 aliphatic rings. The molecule has 1 N–H and O–H groups in total. The summed E-state index contributed by atoms with van der Waals surface area (Å²) in [7, 11) is 1.24. The van der Waals surface area contributed by atoms with Crippen LogP contribution >= 0.6 is 12.4 Å². The molecule has 0 saturated heterocycles. The van der Waals surface area contributed by atoms with Crippen LogP contribution in [0.2, 0.25) is 0 Å². The number of hydrogen-bond acceptors (Lipinski definition) is 4. The van der Waals surface area contributed by atoms with Gasteiger partial charge in [-0.2, -0.15) is 0 Å². The summed E-state index contributed by atoms with van der Waals surface area (Å²) in [5, 5.41) is 8.81. The van der Waals surface area contributed by atoms with Crippen molar-refractivity contribution in [1.82, 2.24) is 9.55 Å². The molecule has 0 aromatic carbocycles. The average molecular weight is 235 g/mol. The average Bonchev–Trinajstić information content (AvgIpc) is 2.46. The zero-order valence-electron chi connectivity index (χ0n) is 8.26. The van der Waals surface area contributed by atoms with Gasteiger partial charge in [0.25, 0.3) is 0 Å². The van der Waals surface area contributed by atoms with E-state index in [1.165, 1.54) is 18.0 Å². The summed E-state index contributed by atoms with van der Waals surface area (Å²) < 4.78 is 5.66. The van der Waals surface area contributed by atoms with E-state index in [-0.39, 0.29) is 24.6 Å². The summed E-state index contributed by atoms with van der Waals surface area (Å²) >= 11 is 0. The largest absolute Gasteiger partial charge is 0.477 e. The second-order valence-corrected chi connectivity index (χ2v) is 2.69. The minimum absolute atomic E-state index is 0. The Bertz CT molecular complexity index is 375. The zero-order chi connectivity index (χ0) is 10.7. The topological polar surface area (TPSA) is 81.4 Å². The van der Waals surface area contributed by atoms with Gasteiger partial charge in [-0.25, -0.2) is 9.78 Å². The SMILES string of the molecule is COC(=O)Cn1cnc(C)c1C(=O)O.Cl. The monoisotopic (exact) mass is 234 g/mol. The van der Waals surface area contributed by atoms with Crippen LogP contribution in [0, 0.1) is 6.92 Å². The Morgan fingerprint density at radius 3 is 2.67 bits per heavy atom. The fourth-order valence-corrected chi connectivity index (χ4v) is 1.08. The molecule has 6 nitrogen and oxygen atoms in total. The number of imidazole rings is 1. The Labute approximate surface area is 92.3 Å². The Balaban J connectivity index is 0.00000196. The van der Waals surface area contributed by atoms with Gasteiger partial charge in [0.2, 0.25) is 0 Å². The molecular weight excluding hydrogens is 224 g/mol. The van der Waals surface area contributed by atoms with E-state index in [1.54, 1.807) is 6.92 Å². The number of esters is 1. The summed E-state index contributed by atoms with van der Waals surface area (Å²) in [5.41, 5.74) is 0.386. The van der Waals surface area contributed by atoms with Gasteiger partial charge in [-0.15, -0.1) is 12.4 Å². The van der Waals surface area contributed by atoms with Crippen molar-refractivity contribution >= 4 is 24.3 Å². The lowest BCUT2D eigenvalue weighted by Gasteiger charge is -2.03. The Kier molecular flexibility index (Phi) is 4.80. The number of carboxylic acids is 1. The maximum absolute atomic E-state index is 10.9. The van der Waals surface area contributed by atoms with Gasteiger partial charge in [0.15, 0.2) is 5.69 Å². The number of halogens is 1. The predicted molar refractivity (Wildman–Crippen MR) is 53.2 cm³/mol. The van der Waals surface area contributed by atoms with Crippen molar-refractivity contribution < 1.29 is 19.4 Å². The predicted octanol–water partition coefficient (Wildman–Crippen LogP) is 0.485. The third-order valence-corrected chi connectivity index (χ3v) is 1.75. The van der Waals surface area contributed by atoms with Gasteiger partial charge >= 0.3 is 11.9 Å². The summed E-state index contributed by atoms with van der Waals surface area (Å²) in [5.74, 6) is -1.62. The van der Waals surface area contributed by atoms with Crippen molar-refractivity contribution in [2.24, 2.45) is 0 Å². The molecular formula is C8H11ClN2O4. The lowest BCUT2D eigenvalue weighted by molar-refractivity contribution is -0.141. The summed E-state index contributed by atoms with van der Waals surface area (Å²) in [6.07, 6.45) is 1.30. The van der Waals surface area contributed by atoms with Gasteiger partial charge in [-0.1, -0.05) is 0 Å². The van der Waals surface area contributed by atoms with Crippen molar-refractivity contribution in [3.05, 3.63) is 17.7 Å². The first kappa shape index (κ1) is 13.4. The van der Waals surface area contributed by atoms with Crippen LogP contribution in [0.15, 0.2) is 6.33 Å². The Hall–Kier alpha value is -1.56. The maximum Gasteiger partial charge on any atom is 0.354 e. The Morgan fingerprint density at radius 1 is 1.60 bits per heavy atom. The maximum atomic E-state index is 10.9. The highest BCUT2D eigenvalue weighted by Gasteiger charge is 2.16. The van der Waals surface area contributed by atoms with Crippen LogP contribution in [0.1, 0.15) is 16.2 Å². The third kappa shape index (κ3) is 2.95. The second kappa shape index (κ2) is 5.35. The minimum Gasteiger partial charge on any atom is -0.477 e. The summed E-state index contributed by atoms with van der Waals surface area (Å²) in [6, 6.07) is 0. The number of carbonyl (C=O) groups is 2. The molecule has 0 aliphatic carbocycles. The summed E-state index contributed by atoms with van der Waals surface area (Å²) in [6.45, 7) is 1.43. The van der Waals surface area contributed by atoms with Crippen LogP contribution in [0.4, 0.5) is 0 Å². The molecule has 15 heavy (non-hydrogen) atoms. The highest BCUT2D eigenvalue weighted by Crippen LogP contribution is 2.06. The standard InChI is InChI=1S/C8H10N2O4.ClH/c1-5-7(8(12)13)10(4-9-5)3-6(11)14-2;/h4H,3H2,1-2H3,(H,12,13);1H. The number of aromatic carboxylic acids is 1. The highest BCUT2D eigenvalue weighted by molar-refractivity contribution is 5.87. The summed E-state index contributed by atoms with van der Waals surface area (Å²) in [4.78, 5) is 25.5. The number of aromatic nitrogens is 2. The number of methoxy groups -OCH3 is 1. The number of carboxylic acid groups (broad SMARTS) is 1. The van der Waals surface area contributed by atoms with Crippen LogP contribution in [0.5, 0.6) is 0 Å². The molecule has 0 spiro atoms. The van der Waals surface area contributed by atoms with E-state index < -0.39 is 11.9 Å². The van der Waals surface area contributed by atoms with Gasteiger partial charge in [-0.3, -0.25) is 4.79 Å². The van der Waals surface area contributed by atoms with Gasteiger partial charge in [0.1, 0.15) is 6.54 Å². The van der Waals surface area contributed by atoms with E-state index in [1.807, 2.05) is 0 Å². The Morgan fingerprint density at radius 2 is 2.20 bits per heavy atom. The van der Waals surface area contributed by atoms with Crippen LogP contribution in [0.3, 0.4) is 0 Å². The number of nitrogens with zero attached hydrogens (tertiary/aromatic N) is 2. The van der Waals surface area contributed by atoms with Crippen molar-refractivity contribution in [2.45, 2.75) is 13.5 Å². The van der Waals surface area contributed by atoms with E-state index in [0.29, 0.717) is 5.69 Å². The molecule has 1 aromatic rings. The first-order valence-corrected chi connectivity index (χ1v) is 3.88. The first-order chi connectivity index (χ1) is 6.56.